The van der Waals surface area contributed by atoms with Crippen LogP contribution >= 0.6 is 0 Å². The average Bonchev–Trinajstić information content (AvgIpc) is 3.37. The average molecular weight is 511 g/mol. The summed E-state index contributed by atoms with van der Waals surface area (Å²) in [4.78, 5) is 48.9. The minimum atomic E-state index is -0.507. The highest BCUT2D eigenvalue weighted by atomic mass is 16.6. The van der Waals surface area contributed by atoms with Crippen molar-refractivity contribution in [2.75, 3.05) is 17.7 Å². The van der Waals surface area contributed by atoms with Gasteiger partial charge in [0.25, 0.3) is 17.5 Å². The Morgan fingerprint density at radius 3 is 2.32 bits per heavy atom. The van der Waals surface area contributed by atoms with E-state index in [2.05, 4.69) is 16.0 Å². The van der Waals surface area contributed by atoms with Crippen LogP contribution in [0.1, 0.15) is 22.3 Å². The van der Waals surface area contributed by atoms with Gasteiger partial charge in [-0.05, 0) is 41.0 Å². The molecule has 3 aromatic carbocycles. The van der Waals surface area contributed by atoms with Crippen LogP contribution in [0.5, 0.6) is 0 Å². The largest absolute Gasteiger partial charge is 0.354 e. The van der Waals surface area contributed by atoms with E-state index in [1.807, 2.05) is 24.3 Å². The van der Waals surface area contributed by atoms with E-state index >= 15 is 0 Å². The van der Waals surface area contributed by atoms with Gasteiger partial charge in [0.2, 0.25) is 0 Å². The second-order valence-corrected chi connectivity index (χ2v) is 8.69. The van der Waals surface area contributed by atoms with Gasteiger partial charge in [-0.3, -0.25) is 29.9 Å². The molecule has 190 valence electrons. The normalized spacial score (nSPS) is 16.8. The maximum absolute atomic E-state index is 13.1. The van der Waals surface area contributed by atoms with Gasteiger partial charge in [0.1, 0.15) is 5.70 Å². The fourth-order valence-corrected chi connectivity index (χ4v) is 4.24. The summed E-state index contributed by atoms with van der Waals surface area (Å²) >= 11 is 0. The Kier molecular flexibility index (Phi) is 6.19. The molecule has 0 bridgehead atoms. The number of nitrogens with two attached hydrogens (primary N) is 1. The summed E-state index contributed by atoms with van der Waals surface area (Å²) in [5.74, 6) is -0.875. The smallest absolute Gasteiger partial charge is 0.328 e. The number of anilines is 2. The van der Waals surface area contributed by atoms with Gasteiger partial charge in [-0.25, -0.2) is 4.79 Å². The summed E-state index contributed by atoms with van der Waals surface area (Å²) in [5, 5.41) is 19.7. The number of benzene rings is 3. The van der Waals surface area contributed by atoms with Crippen molar-refractivity contribution in [3.8, 4) is 0 Å². The number of nitro benzene ring substituents is 1. The molecule has 2 aliphatic heterocycles. The maximum Gasteiger partial charge on any atom is 0.328 e. The van der Waals surface area contributed by atoms with Crippen molar-refractivity contribution in [3.63, 3.8) is 0 Å². The van der Waals surface area contributed by atoms with Gasteiger partial charge in [-0.15, -0.1) is 0 Å². The molecule has 0 atom stereocenters. The molecule has 2 heterocycles. The summed E-state index contributed by atoms with van der Waals surface area (Å²) in [6.07, 6.45) is 1.59. The molecule has 11 nitrogen and oxygen atoms in total. The highest BCUT2D eigenvalue weighted by Crippen LogP contribution is 2.39. The molecule has 2 aliphatic rings. The molecule has 3 aromatic rings. The zero-order valence-corrected chi connectivity index (χ0v) is 20.1. The Morgan fingerprint density at radius 1 is 1.00 bits per heavy atom. The van der Waals surface area contributed by atoms with Crippen molar-refractivity contribution >= 4 is 52.3 Å². The lowest BCUT2D eigenvalue weighted by Crippen LogP contribution is -2.24. The SMILES string of the molecule is CN1C(=O)NC(=O)/C1=C/c1ccc(N/C(=C2\C(=O)Nc3ccc([N+](=O)[O-])cc32)c2ccc(CN)cc2)cc1. The van der Waals surface area contributed by atoms with Crippen LogP contribution in [0, 0.1) is 10.1 Å². The lowest BCUT2D eigenvalue weighted by atomic mass is 9.98. The van der Waals surface area contributed by atoms with Crippen LogP contribution in [0.3, 0.4) is 0 Å². The Morgan fingerprint density at radius 2 is 1.71 bits per heavy atom. The number of nitrogens with zero attached hydrogens (tertiary/aromatic N) is 2. The van der Waals surface area contributed by atoms with Gasteiger partial charge >= 0.3 is 6.03 Å². The second kappa shape index (κ2) is 9.64. The lowest BCUT2D eigenvalue weighted by Gasteiger charge is -2.15. The van der Waals surface area contributed by atoms with E-state index in [1.165, 1.54) is 30.1 Å². The van der Waals surface area contributed by atoms with Crippen molar-refractivity contribution < 1.29 is 19.3 Å². The van der Waals surface area contributed by atoms with Gasteiger partial charge < -0.3 is 16.4 Å². The molecule has 4 amide bonds. The van der Waals surface area contributed by atoms with Crippen LogP contribution in [-0.4, -0.2) is 34.7 Å². The highest BCUT2D eigenvalue weighted by Gasteiger charge is 2.31. The first-order valence-electron chi connectivity index (χ1n) is 11.6. The number of imide groups is 1. The number of amides is 4. The van der Waals surface area contributed by atoms with E-state index in [0.717, 1.165) is 5.56 Å². The topological polar surface area (TPSA) is 160 Å². The zero-order valence-electron chi connectivity index (χ0n) is 20.1. The van der Waals surface area contributed by atoms with Gasteiger partial charge in [0.05, 0.1) is 16.2 Å². The minimum absolute atomic E-state index is 0.132. The van der Waals surface area contributed by atoms with Crippen LogP contribution < -0.4 is 21.7 Å². The number of urea groups is 1. The molecule has 11 heteroatoms. The Labute approximate surface area is 216 Å². The molecule has 0 radical (unpaired) electrons. The summed E-state index contributed by atoms with van der Waals surface area (Å²) in [6.45, 7) is 0.352. The molecule has 0 saturated carbocycles. The third-order valence-corrected chi connectivity index (χ3v) is 6.29. The predicted molar refractivity (Wildman–Crippen MR) is 142 cm³/mol. The van der Waals surface area contributed by atoms with Gasteiger partial charge in [-0.1, -0.05) is 36.4 Å². The van der Waals surface area contributed by atoms with Crippen LogP contribution in [-0.2, 0) is 16.1 Å². The number of nitro groups is 1. The quantitative estimate of drug-likeness (QED) is 0.171. The fraction of sp³-hybridized carbons (Fsp3) is 0.0741. The maximum atomic E-state index is 13.1. The van der Waals surface area contributed by atoms with Gasteiger partial charge in [-0.2, -0.15) is 0 Å². The zero-order chi connectivity index (χ0) is 27.0. The number of carbonyl (C=O) groups excluding carboxylic acids is 3. The molecule has 5 N–H and O–H groups in total. The molecular formula is C27H22N6O5. The molecule has 1 fully saturated rings. The van der Waals surface area contributed by atoms with Crippen LogP contribution in [0.25, 0.3) is 17.3 Å². The van der Waals surface area contributed by atoms with E-state index in [-0.39, 0.29) is 17.0 Å². The van der Waals surface area contributed by atoms with E-state index < -0.39 is 22.8 Å². The summed E-state index contributed by atoms with van der Waals surface area (Å²) < 4.78 is 0. The highest BCUT2D eigenvalue weighted by molar-refractivity contribution is 6.37. The molecule has 0 spiro atoms. The van der Waals surface area contributed by atoms with Crippen LogP contribution in [0.2, 0.25) is 0 Å². The monoisotopic (exact) mass is 510 g/mol. The standard InChI is InChI=1S/C27H22N6O5/c1-32-22(25(34)31-27(32)36)12-15-4-8-18(9-5-15)29-24(17-6-2-16(14-28)3-7-17)23-20-13-19(33(37)38)10-11-21(20)30-26(23)35/h2-13,29H,14,28H2,1H3,(H,30,35)(H,31,34,36)/b22-12-,24-23-. The third-order valence-electron chi connectivity index (χ3n) is 6.29. The van der Waals surface area contributed by atoms with E-state index in [9.17, 15) is 24.5 Å². The molecular weight excluding hydrogens is 488 g/mol. The summed E-state index contributed by atoms with van der Waals surface area (Å²) in [7, 11) is 1.51. The van der Waals surface area contributed by atoms with E-state index in [1.54, 1.807) is 30.3 Å². The number of hydrogen-bond acceptors (Lipinski definition) is 7. The number of nitrogens with one attached hydrogen (secondary N) is 3. The molecule has 0 aromatic heterocycles. The number of hydrogen-bond donors (Lipinski definition) is 4. The van der Waals surface area contributed by atoms with E-state index in [4.69, 9.17) is 5.73 Å². The summed E-state index contributed by atoms with van der Waals surface area (Å²) in [5.41, 5.74) is 10.3. The second-order valence-electron chi connectivity index (χ2n) is 8.69. The number of fused-ring (bicyclic) bond motifs is 1. The first kappa shape index (κ1) is 24.4. The Hall–Kier alpha value is -5.29. The van der Waals surface area contributed by atoms with Crippen molar-refractivity contribution in [1.29, 1.82) is 0 Å². The van der Waals surface area contributed by atoms with Crippen LogP contribution in [0.15, 0.2) is 72.4 Å². The van der Waals surface area contributed by atoms with E-state index in [0.29, 0.717) is 40.3 Å². The number of carbonyl (C=O) groups is 3. The fourth-order valence-electron chi connectivity index (χ4n) is 4.24. The number of rotatable bonds is 6. The van der Waals surface area contributed by atoms with Crippen molar-refractivity contribution in [2.24, 2.45) is 5.73 Å². The number of non-ortho nitro benzene ring substituents is 1. The first-order valence-corrected chi connectivity index (χ1v) is 11.6. The van der Waals surface area contributed by atoms with Gasteiger partial charge in [0, 0.05) is 42.7 Å². The predicted octanol–water partition coefficient (Wildman–Crippen LogP) is 3.51. The lowest BCUT2D eigenvalue weighted by molar-refractivity contribution is -0.384. The van der Waals surface area contributed by atoms with Crippen molar-refractivity contribution in [2.45, 2.75) is 6.54 Å². The molecule has 0 aliphatic carbocycles. The number of likely N-dealkylation sites (N-methyl/N-ethyl adjacent to an activating group) is 1. The first-order chi connectivity index (χ1) is 18.2. The molecule has 38 heavy (non-hydrogen) atoms. The van der Waals surface area contributed by atoms with Crippen molar-refractivity contribution in [3.05, 3.63) is 105 Å². The third kappa shape index (κ3) is 4.49. The Balaban J connectivity index is 1.56. The minimum Gasteiger partial charge on any atom is -0.354 e. The molecule has 1 saturated heterocycles. The van der Waals surface area contributed by atoms with Gasteiger partial charge in [0.15, 0.2) is 0 Å². The van der Waals surface area contributed by atoms with Crippen LogP contribution in [0.4, 0.5) is 21.9 Å². The molecule has 5 rings (SSSR count). The Bertz CT molecular complexity index is 1560. The summed E-state index contributed by atoms with van der Waals surface area (Å²) in [6, 6.07) is 18.1. The van der Waals surface area contributed by atoms with Crippen molar-refractivity contribution in [1.82, 2.24) is 10.2 Å². The molecule has 0 unspecified atom stereocenters.